The number of carbonyl (C=O) groups is 3. The molecule has 43 heavy (non-hydrogen) atoms. The molecule has 2 saturated carbocycles. The molecule has 0 amide bonds. The lowest BCUT2D eigenvalue weighted by Crippen LogP contribution is -2.36. The van der Waals surface area contributed by atoms with E-state index in [2.05, 4.69) is 65.0 Å². The summed E-state index contributed by atoms with van der Waals surface area (Å²) in [5.74, 6) is 3.74. The largest absolute Gasteiger partial charge is 0.463 e. The first kappa shape index (κ1) is 34.8. The van der Waals surface area contributed by atoms with E-state index >= 15 is 0 Å². The highest BCUT2D eigenvalue weighted by Crippen LogP contribution is 2.57. The van der Waals surface area contributed by atoms with Gasteiger partial charge in [-0.3, -0.25) is 9.59 Å². The summed E-state index contributed by atoms with van der Waals surface area (Å²) in [6.07, 6.45) is 23.1. The number of esters is 2. The Balaban J connectivity index is 0.000000177. The Morgan fingerprint density at radius 2 is 1.72 bits per heavy atom. The lowest BCUT2D eigenvalue weighted by molar-refractivity contribution is -0.152. The lowest BCUT2D eigenvalue weighted by Gasteiger charge is -2.37. The number of hydrogen-bond acceptors (Lipinski definition) is 5. The molecule has 2 fully saturated rings. The van der Waals surface area contributed by atoms with Crippen molar-refractivity contribution in [2.24, 2.45) is 46.3 Å². The summed E-state index contributed by atoms with van der Waals surface area (Å²) in [7, 11) is 0. The van der Waals surface area contributed by atoms with Crippen molar-refractivity contribution in [2.75, 3.05) is 6.61 Å². The second kappa shape index (κ2) is 14.9. The van der Waals surface area contributed by atoms with Crippen LogP contribution in [0.4, 0.5) is 0 Å². The van der Waals surface area contributed by atoms with E-state index in [-0.39, 0.29) is 40.6 Å². The predicted octanol–water partition coefficient (Wildman–Crippen LogP) is 8.76. The molecular weight excluding hydrogens is 536 g/mol. The smallest absolute Gasteiger partial charge is 0.334 e. The van der Waals surface area contributed by atoms with Gasteiger partial charge in [0.15, 0.2) is 5.78 Å². The summed E-state index contributed by atoms with van der Waals surface area (Å²) in [5.41, 5.74) is 1.76. The Labute approximate surface area is 260 Å². The van der Waals surface area contributed by atoms with E-state index < -0.39 is 0 Å². The molecule has 7 atom stereocenters. The molecule has 0 heterocycles. The number of ether oxygens (including phenoxy) is 2. The van der Waals surface area contributed by atoms with Crippen LogP contribution in [0.5, 0.6) is 0 Å². The standard InChI is InChI=1S/C13H18O2.C13H20O.C12H18O2/c1-2-13(14)15-12-7-8-6-11(12)10-5-3-4-9(8)10;1-5-7-11(14)12-10(2)8-6-9-13(12,3)4;1-5-14-11(13)10-9(2)7-6-8-12(10,3)4/h3,5,8-12H,2,4,6-7H2,1H3;5-7,9-10,12H,8H2,1-4H3;6-7H,5,8H2,1-4H3/b;7-5+;. The topological polar surface area (TPSA) is 69.7 Å². The first-order valence-corrected chi connectivity index (χ1v) is 16.5. The van der Waals surface area contributed by atoms with Gasteiger partial charge in [-0.1, -0.05) is 84.1 Å². The molecule has 0 saturated heterocycles. The van der Waals surface area contributed by atoms with Gasteiger partial charge in [0.25, 0.3) is 0 Å². The average Bonchev–Trinajstić information content (AvgIpc) is 3.63. The molecule has 0 aliphatic heterocycles. The molecular formula is C38H56O5. The number of fused-ring (bicyclic) bond motifs is 5. The highest BCUT2D eigenvalue weighted by Gasteiger charge is 2.53. The molecule has 5 aliphatic carbocycles. The molecule has 2 bridgehead atoms. The van der Waals surface area contributed by atoms with E-state index in [1.807, 2.05) is 39.8 Å². The summed E-state index contributed by atoms with van der Waals surface area (Å²) < 4.78 is 10.6. The van der Waals surface area contributed by atoms with E-state index in [1.165, 1.54) is 12.8 Å². The first-order chi connectivity index (χ1) is 20.3. The molecule has 0 aromatic carbocycles. The van der Waals surface area contributed by atoms with E-state index in [0.29, 0.717) is 24.9 Å². The van der Waals surface area contributed by atoms with Crippen molar-refractivity contribution >= 4 is 17.7 Å². The van der Waals surface area contributed by atoms with Crippen LogP contribution in [0.25, 0.3) is 0 Å². The number of allylic oxidation sites excluding steroid dienone is 9. The fourth-order valence-corrected chi connectivity index (χ4v) is 8.24. The molecule has 5 rings (SSSR count). The first-order valence-electron chi connectivity index (χ1n) is 16.5. The normalized spacial score (nSPS) is 32.4. The van der Waals surface area contributed by atoms with E-state index in [0.717, 1.165) is 48.2 Å². The molecule has 5 heteroatoms. The average molecular weight is 593 g/mol. The summed E-state index contributed by atoms with van der Waals surface area (Å²) in [6, 6.07) is 0. The fourth-order valence-electron chi connectivity index (χ4n) is 8.24. The van der Waals surface area contributed by atoms with Gasteiger partial charge >= 0.3 is 11.9 Å². The quantitative estimate of drug-likeness (QED) is 0.175. The summed E-state index contributed by atoms with van der Waals surface area (Å²) >= 11 is 0. The van der Waals surface area contributed by atoms with Crippen molar-refractivity contribution < 1.29 is 23.9 Å². The van der Waals surface area contributed by atoms with Crippen LogP contribution in [0.2, 0.25) is 0 Å². The maximum absolute atomic E-state index is 11.9. The molecule has 0 N–H and O–H groups in total. The van der Waals surface area contributed by atoms with E-state index in [1.54, 1.807) is 6.08 Å². The van der Waals surface area contributed by atoms with Gasteiger partial charge in [0.2, 0.25) is 0 Å². The Hall–Kier alpha value is -2.69. The van der Waals surface area contributed by atoms with Crippen LogP contribution in [-0.2, 0) is 23.9 Å². The molecule has 0 spiro atoms. The summed E-state index contributed by atoms with van der Waals surface area (Å²) in [4.78, 5) is 34.9. The zero-order chi connectivity index (χ0) is 31.9. The third-order valence-corrected chi connectivity index (χ3v) is 10.1. The number of ketones is 1. The maximum atomic E-state index is 11.9. The molecule has 7 unspecified atom stereocenters. The molecule has 0 radical (unpaired) electrons. The van der Waals surface area contributed by atoms with Crippen molar-refractivity contribution in [3.63, 3.8) is 0 Å². The highest BCUT2D eigenvalue weighted by molar-refractivity contribution is 5.93. The van der Waals surface area contributed by atoms with Gasteiger partial charge < -0.3 is 9.47 Å². The third kappa shape index (κ3) is 8.28. The van der Waals surface area contributed by atoms with Gasteiger partial charge in [-0.2, -0.15) is 0 Å². The second-order valence-corrected chi connectivity index (χ2v) is 14.3. The van der Waals surface area contributed by atoms with Crippen LogP contribution in [0.1, 0.15) is 101 Å². The monoisotopic (exact) mass is 592 g/mol. The minimum absolute atomic E-state index is 0.00819. The Morgan fingerprint density at radius 3 is 2.33 bits per heavy atom. The SMILES string of the molecule is C/C=C/C(=O)C1C(C)CC=CC1(C)C.CCC(=O)OC1CC2CC1C1C=CCC21.CCOC(=O)C1=C(C)C=CCC1(C)C. The predicted molar refractivity (Wildman–Crippen MR) is 174 cm³/mol. The van der Waals surface area contributed by atoms with E-state index in [9.17, 15) is 14.4 Å². The minimum atomic E-state index is -0.167. The number of hydrogen-bond donors (Lipinski definition) is 0. The lowest BCUT2D eigenvalue weighted by atomic mass is 9.66. The van der Waals surface area contributed by atoms with Crippen LogP contribution in [0.3, 0.4) is 0 Å². The zero-order valence-corrected chi connectivity index (χ0v) is 28.2. The van der Waals surface area contributed by atoms with Crippen molar-refractivity contribution in [3.8, 4) is 0 Å². The van der Waals surface area contributed by atoms with Crippen LogP contribution in [0, 0.1) is 46.3 Å². The second-order valence-electron chi connectivity index (χ2n) is 14.3. The third-order valence-electron chi connectivity index (χ3n) is 10.1. The van der Waals surface area contributed by atoms with Crippen molar-refractivity contribution in [3.05, 3.63) is 59.8 Å². The summed E-state index contributed by atoms with van der Waals surface area (Å²) in [5, 5.41) is 0. The number of rotatable bonds is 6. The van der Waals surface area contributed by atoms with Crippen LogP contribution < -0.4 is 0 Å². The molecule has 0 aromatic heterocycles. The molecule has 238 valence electrons. The van der Waals surface area contributed by atoms with Gasteiger partial charge in [-0.15, -0.1) is 0 Å². The summed E-state index contributed by atoms with van der Waals surface area (Å²) in [6.45, 7) is 18.6. The number of carbonyl (C=O) groups excluding carboxylic acids is 3. The highest BCUT2D eigenvalue weighted by atomic mass is 16.5. The molecule has 0 aromatic rings. The van der Waals surface area contributed by atoms with Gasteiger partial charge in [-0.05, 0) is 93.6 Å². The molecule has 5 nitrogen and oxygen atoms in total. The Bertz CT molecular complexity index is 1160. The van der Waals surface area contributed by atoms with Gasteiger partial charge in [0, 0.05) is 29.2 Å². The van der Waals surface area contributed by atoms with Gasteiger partial charge in [0.05, 0.1) is 6.61 Å². The van der Waals surface area contributed by atoms with Gasteiger partial charge in [0.1, 0.15) is 6.10 Å². The Morgan fingerprint density at radius 1 is 1.00 bits per heavy atom. The molecule has 5 aliphatic rings. The van der Waals surface area contributed by atoms with E-state index in [4.69, 9.17) is 9.47 Å². The fraction of sp³-hybridized carbons (Fsp3) is 0.658. The van der Waals surface area contributed by atoms with Crippen molar-refractivity contribution in [1.29, 1.82) is 0 Å². The van der Waals surface area contributed by atoms with Gasteiger partial charge in [-0.25, -0.2) is 4.79 Å². The van der Waals surface area contributed by atoms with Crippen molar-refractivity contribution in [1.82, 2.24) is 0 Å². The minimum Gasteiger partial charge on any atom is -0.463 e. The van der Waals surface area contributed by atoms with Crippen LogP contribution >= 0.6 is 0 Å². The Kier molecular flexibility index (Phi) is 12.0. The van der Waals surface area contributed by atoms with Crippen molar-refractivity contribution in [2.45, 2.75) is 107 Å². The van der Waals surface area contributed by atoms with Crippen LogP contribution in [-0.4, -0.2) is 30.4 Å². The zero-order valence-electron chi connectivity index (χ0n) is 28.2. The van der Waals surface area contributed by atoms with Crippen LogP contribution in [0.15, 0.2) is 59.8 Å². The maximum Gasteiger partial charge on any atom is 0.334 e.